The number of hydrogen-bond acceptors (Lipinski definition) is 2. The Kier molecular flexibility index (Phi) is 5.12. The summed E-state index contributed by atoms with van der Waals surface area (Å²) in [5.41, 5.74) is 0.0959. The lowest BCUT2D eigenvalue weighted by atomic mass is 10.1. The minimum Gasteiger partial charge on any atom is -0.353 e. The molecule has 1 fully saturated rings. The van der Waals surface area contributed by atoms with Crippen LogP contribution in [0, 0.1) is 0 Å². The Balaban J connectivity index is 2.15. The number of para-hydroxylation sites is 1. The van der Waals surface area contributed by atoms with Crippen molar-refractivity contribution in [3.05, 3.63) is 29.8 Å². The monoisotopic (exact) mass is 329 g/mol. The Morgan fingerprint density at radius 1 is 1.39 bits per heavy atom. The summed E-state index contributed by atoms with van der Waals surface area (Å²) >= 11 is 0. The van der Waals surface area contributed by atoms with Crippen molar-refractivity contribution < 1.29 is 22.8 Å². The zero-order valence-corrected chi connectivity index (χ0v) is 12.6. The number of anilines is 1. The molecule has 126 valence electrons. The molecule has 1 aromatic carbocycles. The van der Waals surface area contributed by atoms with Crippen molar-refractivity contribution in [1.82, 2.24) is 10.2 Å². The Morgan fingerprint density at radius 2 is 2.09 bits per heavy atom. The highest BCUT2D eigenvalue weighted by Crippen LogP contribution is 2.26. The van der Waals surface area contributed by atoms with E-state index >= 15 is 0 Å². The second kappa shape index (κ2) is 6.89. The number of carbonyl (C=O) groups excluding carboxylic acids is 2. The number of nitrogens with zero attached hydrogens (tertiary/aromatic N) is 1. The second-order valence-corrected chi connectivity index (χ2v) is 5.29. The van der Waals surface area contributed by atoms with Gasteiger partial charge in [-0.3, -0.25) is 4.79 Å². The average molecular weight is 329 g/mol. The van der Waals surface area contributed by atoms with Crippen LogP contribution in [0.2, 0.25) is 0 Å². The maximum Gasteiger partial charge on any atom is 0.393 e. The van der Waals surface area contributed by atoms with Gasteiger partial charge in [0.05, 0.1) is 6.42 Å². The van der Waals surface area contributed by atoms with E-state index in [0.717, 1.165) is 0 Å². The Labute approximate surface area is 131 Å². The summed E-state index contributed by atoms with van der Waals surface area (Å²) in [5, 5.41) is 5.16. The summed E-state index contributed by atoms with van der Waals surface area (Å²) in [4.78, 5) is 25.5. The number of halogens is 3. The molecule has 3 amide bonds. The van der Waals surface area contributed by atoms with Crippen LogP contribution in [0.1, 0.15) is 18.9 Å². The molecule has 1 aliphatic heterocycles. The number of hydrogen-bond donors (Lipinski definition) is 2. The molecule has 5 nitrogen and oxygen atoms in total. The number of amides is 3. The van der Waals surface area contributed by atoms with Gasteiger partial charge in [-0.15, -0.1) is 0 Å². The summed E-state index contributed by atoms with van der Waals surface area (Å²) < 4.78 is 37.8. The van der Waals surface area contributed by atoms with Crippen LogP contribution in [0.3, 0.4) is 0 Å². The van der Waals surface area contributed by atoms with Crippen LogP contribution in [-0.4, -0.2) is 42.1 Å². The van der Waals surface area contributed by atoms with Crippen molar-refractivity contribution in [3.8, 4) is 0 Å². The molecule has 8 heteroatoms. The first-order valence-electron chi connectivity index (χ1n) is 7.32. The Bertz CT molecular complexity index is 590. The molecule has 0 aliphatic carbocycles. The summed E-state index contributed by atoms with van der Waals surface area (Å²) in [6.45, 7) is 2.41. The smallest absolute Gasteiger partial charge is 0.353 e. The number of benzene rings is 1. The first kappa shape index (κ1) is 17.1. The highest BCUT2D eigenvalue weighted by molar-refractivity contribution is 5.95. The summed E-state index contributed by atoms with van der Waals surface area (Å²) in [7, 11) is 0. The van der Waals surface area contributed by atoms with Gasteiger partial charge in [0.2, 0.25) is 5.91 Å². The number of urea groups is 1. The predicted molar refractivity (Wildman–Crippen MR) is 79.0 cm³/mol. The van der Waals surface area contributed by atoms with Gasteiger partial charge in [-0.05, 0) is 18.1 Å². The van der Waals surface area contributed by atoms with E-state index in [1.54, 1.807) is 13.0 Å². The molecule has 0 radical (unpaired) electrons. The molecule has 0 aromatic heterocycles. The number of piperazine rings is 1. The zero-order valence-electron chi connectivity index (χ0n) is 12.6. The fraction of sp³-hybridized carbons (Fsp3) is 0.467. The van der Waals surface area contributed by atoms with Crippen LogP contribution in [0.5, 0.6) is 0 Å². The molecule has 23 heavy (non-hydrogen) atoms. The number of alkyl halides is 3. The highest BCUT2D eigenvalue weighted by atomic mass is 19.4. The number of rotatable bonds is 3. The van der Waals surface area contributed by atoms with Gasteiger partial charge in [-0.1, -0.05) is 25.1 Å². The number of carbonyl (C=O) groups is 2. The predicted octanol–water partition coefficient (Wildman–Crippen LogP) is 2.53. The van der Waals surface area contributed by atoms with E-state index < -0.39 is 24.7 Å². The molecule has 1 saturated heterocycles. The SMILES string of the molecule is CCC1C(=O)NCCN1C(=O)Nc1ccccc1CC(F)(F)F. The van der Waals surface area contributed by atoms with E-state index in [2.05, 4.69) is 10.6 Å². The third kappa shape index (κ3) is 4.37. The van der Waals surface area contributed by atoms with E-state index in [-0.39, 0.29) is 17.2 Å². The first-order chi connectivity index (χ1) is 10.8. The zero-order chi connectivity index (χ0) is 17.0. The van der Waals surface area contributed by atoms with Crippen LogP contribution in [-0.2, 0) is 11.2 Å². The first-order valence-corrected chi connectivity index (χ1v) is 7.32. The van der Waals surface area contributed by atoms with Crippen LogP contribution in [0.25, 0.3) is 0 Å². The van der Waals surface area contributed by atoms with Crippen molar-refractivity contribution in [2.24, 2.45) is 0 Å². The largest absolute Gasteiger partial charge is 0.393 e. The van der Waals surface area contributed by atoms with Gasteiger partial charge in [0, 0.05) is 18.8 Å². The molecule has 0 bridgehead atoms. The van der Waals surface area contributed by atoms with Gasteiger partial charge in [0.1, 0.15) is 6.04 Å². The molecule has 0 saturated carbocycles. The van der Waals surface area contributed by atoms with Crippen LogP contribution < -0.4 is 10.6 Å². The highest BCUT2D eigenvalue weighted by Gasteiger charge is 2.33. The van der Waals surface area contributed by atoms with Crippen molar-refractivity contribution in [2.75, 3.05) is 18.4 Å². The Morgan fingerprint density at radius 3 is 2.74 bits per heavy atom. The lowest BCUT2D eigenvalue weighted by molar-refractivity contribution is -0.128. The molecular weight excluding hydrogens is 311 g/mol. The van der Waals surface area contributed by atoms with Gasteiger partial charge >= 0.3 is 12.2 Å². The molecule has 1 aromatic rings. The molecule has 0 spiro atoms. The molecule has 2 N–H and O–H groups in total. The minimum atomic E-state index is -4.36. The van der Waals surface area contributed by atoms with E-state index in [9.17, 15) is 22.8 Å². The van der Waals surface area contributed by atoms with Gasteiger partial charge in [-0.2, -0.15) is 13.2 Å². The maximum absolute atomic E-state index is 12.6. The quantitative estimate of drug-likeness (QED) is 0.895. The van der Waals surface area contributed by atoms with E-state index in [1.165, 1.54) is 23.1 Å². The van der Waals surface area contributed by atoms with Crippen LogP contribution in [0.15, 0.2) is 24.3 Å². The van der Waals surface area contributed by atoms with E-state index in [4.69, 9.17) is 0 Å². The van der Waals surface area contributed by atoms with E-state index in [1.807, 2.05) is 0 Å². The average Bonchev–Trinajstić information content (AvgIpc) is 2.47. The lowest BCUT2D eigenvalue weighted by Gasteiger charge is -2.34. The Hall–Kier alpha value is -2.25. The topological polar surface area (TPSA) is 61.4 Å². The fourth-order valence-corrected chi connectivity index (χ4v) is 2.56. The standard InChI is InChI=1S/C15H18F3N3O2/c1-2-12-13(22)19-7-8-21(12)14(23)20-11-6-4-3-5-10(11)9-15(16,17)18/h3-6,12H,2,7-9H2,1H3,(H,19,22)(H,20,23). The minimum absolute atomic E-state index is 0.0112. The van der Waals surface area contributed by atoms with Gasteiger partial charge in [-0.25, -0.2) is 4.79 Å². The molecule has 1 aliphatic rings. The van der Waals surface area contributed by atoms with Gasteiger partial charge < -0.3 is 15.5 Å². The third-order valence-electron chi connectivity index (χ3n) is 3.63. The fourth-order valence-electron chi connectivity index (χ4n) is 2.56. The van der Waals surface area contributed by atoms with Crippen molar-refractivity contribution >= 4 is 17.6 Å². The summed E-state index contributed by atoms with van der Waals surface area (Å²) in [6, 6.07) is 4.60. The summed E-state index contributed by atoms with van der Waals surface area (Å²) in [6.07, 6.45) is -5.05. The van der Waals surface area contributed by atoms with Crippen LogP contribution in [0.4, 0.5) is 23.7 Å². The third-order valence-corrected chi connectivity index (χ3v) is 3.63. The van der Waals surface area contributed by atoms with Crippen molar-refractivity contribution in [1.29, 1.82) is 0 Å². The molecule has 1 unspecified atom stereocenters. The second-order valence-electron chi connectivity index (χ2n) is 5.29. The molecule has 2 rings (SSSR count). The normalized spacial score (nSPS) is 18.5. The summed E-state index contributed by atoms with van der Waals surface area (Å²) in [5.74, 6) is -0.252. The molecule has 1 atom stereocenters. The van der Waals surface area contributed by atoms with Gasteiger partial charge in [0.25, 0.3) is 0 Å². The molecule has 1 heterocycles. The van der Waals surface area contributed by atoms with Crippen molar-refractivity contribution in [3.63, 3.8) is 0 Å². The number of nitrogens with one attached hydrogen (secondary N) is 2. The van der Waals surface area contributed by atoms with Gasteiger partial charge in [0.15, 0.2) is 0 Å². The van der Waals surface area contributed by atoms with E-state index in [0.29, 0.717) is 19.5 Å². The molecular formula is C15H18F3N3O2. The van der Waals surface area contributed by atoms with Crippen molar-refractivity contribution in [2.45, 2.75) is 32.0 Å². The lowest BCUT2D eigenvalue weighted by Crippen LogP contribution is -2.57. The maximum atomic E-state index is 12.6. The van der Waals surface area contributed by atoms with Crippen LogP contribution >= 0.6 is 0 Å².